The molecule has 1 amide bonds. The van der Waals surface area contributed by atoms with Crippen LogP contribution in [0, 0.1) is 0 Å². The molecule has 0 aromatic heterocycles. The zero-order chi connectivity index (χ0) is 22.0. The SMILES string of the molecule is CN1CCN(c2ccccc2/C=C2\OCCN(c3cccc(C(F)(F)F)c3)C2=O)CC1. The van der Waals surface area contributed by atoms with Gasteiger partial charge < -0.3 is 19.4 Å². The second kappa shape index (κ2) is 8.63. The van der Waals surface area contributed by atoms with E-state index in [9.17, 15) is 18.0 Å². The van der Waals surface area contributed by atoms with Gasteiger partial charge in [-0.3, -0.25) is 4.79 Å². The Bertz CT molecular complexity index is 982. The molecule has 2 saturated heterocycles. The second-order valence-electron chi connectivity index (χ2n) is 7.71. The van der Waals surface area contributed by atoms with E-state index < -0.39 is 17.6 Å². The van der Waals surface area contributed by atoms with Gasteiger partial charge >= 0.3 is 6.18 Å². The van der Waals surface area contributed by atoms with Crippen LogP contribution in [0.1, 0.15) is 11.1 Å². The van der Waals surface area contributed by atoms with Gasteiger partial charge in [0.05, 0.1) is 12.1 Å². The Morgan fingerprint density at radius 3 is 2.45 bits per heavy atom. The number of ether oxygens (including phenoxy) is 1. The van der Waals surface area contributed by atoms with Crippen molar-refractivity contribution in [3.05, 3.63) is 65.4 Å². The first-order chi connectivity index (χ1) is 14.8. The lowest BCUT2D eigenvalue weighted by atomic mass is 10.1. The summed E-state index contributed by atoms with van der Waals surface area (Å²) < 4.78 is 44.9. The zero-order valence-electron chi connectivity index (χ0n) is 17.2. The fourth-order valence-corrected chi connectivity index (χ4v) is 3.83. The molecule has 0 unspecified atom stereocenters. The van der Waals surface area contributed by atoms with Crippen LogP contribution in [-0.4, -0.2) is 57.2 Å². The molecule has 0 spiro atoms. The molecule has 0 N–H and O–H groups in total. The van der Waals surface area contributed by atoms with E-state index in [1.807, 2.05) is 24.3 Å². The van der Waals surface area contributed by atoms with Crippen molar-refractivity contribution in [1.82, 2.24) is 4.90 Å². The van der Waals surface area contributed by atoms with Crippen LogP contribution in [-0.2, 0) is 15.7 Å². The van der Waals surface area contributed by atoms with Gasteiger partial charge in [0.25, 0.3) is 5.91 Å². The third-order valence-electron chi connectivity index (χ3n) is 5.58. The van der Waals surface area contributed by atoms with Crippen LogP contribution in [0.15, 0.2) is 54.3 Å². The van der Waals surface area contributed by atoms with Gasteiger partial charge in [0.15, 0.2) is 5.76 Å². The Hall–Kier alpha value is -3.00. The molecule has 2 aromatic carbocycles. The van der Waals surface area contributed by atoms with Gasteiger partial charge in [0.2, 0.25) is 0 Å². The van der Waals surface area contributed by atoms with Crippen LogP contribution in [0.5, 0.6) is 0 Å². The van der Waals surface area contributed by atoms with E-state index in [0.29, 0.717) is 0 Å². The zero-order valence-corrected chi connectivity index (χ0v) is 17.2. The molecular formula is C23H24F3N3O2. The summed E-state index contributed by atoms with van der Waals surface area (Å²) in [5.41, 5.74) is 1.29. The maximum absolute atomic E-state index is 13.1. The van der Waals surface area contributed by atoms with Crippen LogP contribution in [0.2, 0.25) is 0 Å². The van der Waals surface area contributed by atoms with E-state index in [-0.39, 0.29) is 24.6 Å². The van der Waals surface area contributed by atoms with E-state index in [0.717, 1.165) is 49.6 Å². The fraction of sp³-hybridized carbons (Fsp3) is 0.348. The predicted molar refractivity (Wildman–Crippen MR) is 114 cm³/mol. The molecular weight excluding hydrogens is 407 g/mol. The summed E-state index contributed by atoms with van der Waals surface area (Å²) >= 11 is 0. The summed E-state index contributed by atoms with van der Waals surface area (Å²) in [5, 5.41) is 0. The molecule has 2 aromatic rings. The van der Waals surface area contributed by atoms with Gasteiger partial charge in [-0.1, -0.05) is 24.3 Å². The molecule has 5 nitrogen and oxygen atoms in total. The van der Waals surface area contributed by atoms with Crippen LogP contribution in [0.4, 0.5) is 24.5 Å². The summed E-state index contributed by atoms with van der Waals surface area (Å²) in [5.74, 6) is -0.316. The number of hydrogen-bond acceptors (Lipinski definition) is 4. The van der Waals surface area contributed by atoms with Gasteiger partial charge in [0, 0.05) is 43.1 Å². The van der Waals surface area contributed by atoms with Crippen LogP contribution < -0.4 is 9.80 Å². The smallest absolute Gasteiger partial charge is 0.416 e. The summed E-state index contributed by atoms with van der Waals surface area (Å²) in [6.07, 6.45) is -2.78. The van der Waals surface area contributed by atoms with Crippen LogP contribution >= 0.6 is 0 Å². The second-order valence-corrected chi connectivity index (χ2v) is 7.71. The minimum absolute atomic E-state index is 0.130. The molecule has 31 heavy (non-hydrogen) atoms. The van der Waals surface area contributed by atoms with Gasteiger partial charge in [0.1, 0.15) is 6.61 Å². The summed E-state index contributed by atoms with van der Waals surface area (Å²) in [6, 6.07) is 12.6. The number of carbonyl (C=O) groups is 1. The third kappa shape index (κ3) is 4.69. The Morgan fingerprint density at radius 1 is 0.968 bits per heavy atom. The average molecular weight is 431 g/mol. The number of carbonyl (C=O) groups excluding carboxylic acids is 1. The molecule has 4 rings (SSSR count). The van der Waals surface area contributed by atoms with Gasteiger partial charge in [-0.2, -0.15) is 13.2 Å². The highest BCUT2D eigenvalue weighted by molar-refractivity contribution is 6.07. The molecule has 0 aliphatic carbocycles. The first-order valence-corrected chi connectivity index (χ1v) is 10.2. The molecule has 0 bridgehead atoms. The number of morpholine rings is 1. The normalized spacial score (nSPS) is 19.6. The maximum Gasteiger partial charge on any atom is 0.416 e. The first kappa shape index (κ1) is 21.2. The molecule has 2 fully saturated rings. The van der Waals surface area contributed by atoms with E-state index in [2.05, 4.69) is 16.8 Å². The number of alkyl halides is 3. The van der Waals surface area contributed by atoms with Gasteiger partial charge in [-0.05, 0) is 37.4 Å². The molecule has 0 atom stereocenters. The minimum atomic E-state index is -4.47. The topological polar surface area (TPSA) is 36.0 Å². The quantitative estimate of drug-likeness (QED) is 0.692. The van der Waals surface area contributed by atoms with E-state index in [1.54, 1.807) is 6.08 Å². The molecule has 2 heterocycles. The fourth-order valence-electron chi connectivity index (χ4n) is 3.83. The highest BCUT2D eigenvalue weighted by Gasteiger charge is 2.32. The number of para-hydroxylation sites is 1. The lowest BCUT2D eigenvalue weighted by Gasteiger charge is -2.35. The van der Waals surface area contributed by atoms with Gasteiger partial charge in [-0.25, -0.2) is 0 Å². The number of piperazine rings is 1. The molecule has 164 valence electrons. The molecule has 2 aliphatic heterocycles. The van der Waals surface area contributed by atoms with Crippen molar-refractivity contribution < 1.29 is 22.7 Å². The van der Waals surface area contributed by atoms with E-state index in [4.69, 9.17) is 4.74 Å². The standard InChI is InChI=1S/C23H24F3N3O2/c1-27-9-11-28(12-10-27)20-8-3-2-5-17(20)15-21-22(30)29(13-14-31-21)19-7-4-6-18(16-19)23(24,25)26/h2-8,15-16H,9-14H2,1H3/b21-15-. The van der Waals surface area contributed by atoms with Gasteiger partial charge in [-0.15, -0.1) is 0 Å². The monoisotopic (exact) mass is 431 g/mol. The average Bonchev–Trinajstić information content (AvgIpc) is 2.76. The van der Waals surface area contributed by atoms with Crippen molar-refractivity contribution in [2.24, 2.45) is 0 Å². The van der Waals surface area contributed by atoms with Crippen LogP contribution in [0.3, 0.4) is 0 Å². The number of nitrogens with zero attached hydrogens (tertiary/aromatic N) is 3. The highest BCUT2D eigenvalue weighted by Crippen LogP contribution is 2.33. The number of halogens is 3. The Balaban J connectivity index is 1.61. The number of anilines is 2. The summed E-state index contributed by atoms with van der Waals surface area (Å²) in [4.78, 5) is 18.9. The Labute approximate surface area is 179 Å². The largest absolute Gasteiger partial charge is 0.486 e. The number of hydrogen-bond donors (Lipinski definition) is 0. The first-order valence-electron chi connectivity index (χ1n) is 10.2. The third-order valence-corrected chi connectivity index (χ3v) is 5.58. The van der Waals surface area contributed by atoms with Crippen molar-refractivity contribution >= 4 is 23.4 Å². The molecule has 2 aliphatic rings. The summed E-state index contributed by atoms with van der Waals surface area (Å²) in [7, 11) is 2.09. The number of rotatable bonds is 3. The lowest BCUT2D eigenvalue weighted by Crippen LogP contribution is -2.44. The van der Waals surface area contributed by atoms with E-state index in [1.165, 1.54) is 17.0 Å². The highest BCUT2D eigenvalue weighted by atomic mass is 19.4. The maximum atomic E-state index is 13.1. The van der Waals surface area contributed by atoms with Crippen molar-refractivity contribution in [1.29, 1.82) is 0 Å². The molecule has 8 heteroatoms. The van der Waals surface area contributed by atoms with Crippen molar-refractivity contribution in [3.63, 3.8) is 0 Å². The summed E-state index contributed by atoms with van der Waals surface area (Å²) in [6.45, 7) is 4.05. The Kier molecular flexibility index (Phi) is 5.91. The molecule has 0 saturated carbocycles. The Morgan fingerprint density at radius 2 is 1.71 bits per heavy atom. The number of benzene rings is 2. The van der Waals surface area contributed by atoms with Crippen molar-refractivity contribution in [3.8, 4) is 0 Å². The van der Waals surface area contributed by atoms with Crippen molar-refractivity contribution in [2.45, 2.75) is 6.18 Å². The predicted octanol–water partition coefficient (Wildman–Crippen LogP) is 3.86. The number of likely N-dealkylation sites (N-methyl/N-ethyl adjacent to an activating group) is 1. The van der Waals surface area contributed by atoms with E-state index >= 15 is 0 Å². The van der Waals surface area contributed by atoms with Crippen LogP contribution in [0.25, 0.3) is 6.08 Å². The molecule has 0 radical (unpaired) electrons. The number of amides is 1. The minimum Gasteiger partial charge on any atom is -0.486 e. The lowest BCUT2D eigenvalue weighted by molar-refractivity contribution is -0.137. The van der Waals surface area contributed by atoms with Crippen molar-refractivity contribution in [2.75, 3.05) is 56.2 Å².